The average Bonchev–Trinajstić information content (AvgIpc) is 3.67. The van der Waals surface area contributed by atoms with Crippen LogP contribution >= 0.6 is 11.3 Å². The molecule has 0 amide bonds. The third-order valence-electron chi connectivity index (χ3n) is 11.2. The van der Waals surface area contributed by atoms with Crippen molar-refractivity contribution in [3.8, 4) is 22.3 Å². The van der Waals surface area contributed by atoms with Crippen molar-refractivity contribution in [2.75, 3.05) is 4.90 Å². The van der Waals surface area contributed by atoms with Crippen molar-refractivity contribution in [2.24, 2.45) is 0 Å². The Morgan fingerprint density at radius 2 is 0.649 bits per heavy atom. The Bertz CT molecular complexity index is 2800. The molecule has 10 aromatic rings. The van der Waals surface area contributed by atoms with E-state index in [-0.39, 0.29) is 0 Å². The van der Waals surface area contributed by atoms with Crippen molar-refractivity contribution in [1.82, 2.24) is 0 Å². The third-order valence-corrected chi connectivity index (χ3v) is 12.4. The van der Waals surface area contributed by atoms with E-state index in [0.717, 1.165) is 17.1 Å². The molecule has 10 rings (SSSR count). The number of anilines is 3. The molecule has 0 N–H and O–H groups in total. The van der Waals surface area contributed by atoms with E-state index in [2.05, 4.69) is 241 Å². The molecule has 0 unspecified atom stereocenters. The van der Waals surface area contributed by atoms with Crippen LogP contribution in [0.25, 0.3) is 42.4 Å². The van der Waals surface area contributed by atoms with E-state index in [1.54, 1.807) is 0 Å². The molecule has 0 bridgehead atoms. The zero-order chi connectivity index (χ0) is 38.0. The minimum absolute atomic E-state index is 0.469. The van der Waals surface area contributed by atoms with E-state index in [1.165, 1.54) is 64.7 Å². The Kier molecular flexibility index (Phi) is 9.02. The second kappa shape index (κ2) is 14.9. The molecular formula is C55H39NS. The first kappa shape index (κ1) is 34.5. The molecule has 0 radical (unpaired) electrons. The molecule has 0 atom stereocenters. The number of hydrogen-bond acceptors (Lipinski definition) is 2. The second-order valence-electron chi connectivity index (χ2n) is 14.5. The summed E-state index contributed by atoms with van der Waals surface area (Å²) in [5.74, 6) is 0. The highest BCUT2D eigenvalue weighted by Gasteiger charge is 2.38. The standard InChI is InChI=1S/C55H39NS/c1-5-15-44(16-6-1)55(45-17-7-2-8-18-45,46-19-9-3-10-20-46)47-32-25-40(26-33-47)41-27-34-49(35-28-41)56(48-21-11-4-12-22-48)50-36-29-42(30-37-50)43-31-38-54-52(39-43)51-23-13-14-24-53(51)57-54/h1-39H. The van der Waals surface area contributed by atoms with Crippen LogP contribution in [0.3, 0.4) is 0 Å². The fraction of sp³-hybridized carbons (Fsp3) is 0.0182. The van der Waals surface area contributed by atoms with Gasteiger partial charge in [-0.2, -0.15) is 0 Å². The van der Waals surface area contributed by atoms with Crippen molar-refractivity contribution in [3.63, 3.8) is 0 Å². The lowest BCUT2D eigenvalue weighted by Gasteiger charge is -2.37. The SMILES string of the molecule is c1ccc(N(c2ccc(-c3ccc(C(c4ccccc4)(c4ccccc4)c4ccccc4)cc3)cc2)c2ccc(-c3ccc4sc5ccccc5c4c3)cc2)cc1. The van der Waals surface area contributed by atoms with Gasteiger partial charge in [-0.25, -0.2) is 0 Å². The summed E-state index contributed by atoms with van der Waals surface area (Å²) < 4.78 is 2.66. The van der Waals surface area contributed by atoms with E-state index in [0.29, 0.717) is 0 Å². The second-order valence-corrected chi connectivity index (χ2v) is 15.6. The normalized spacial score (nSPS) is 11.5. The van der Waals surface area contributed by atoms with E-state index in [1.807, 2.05) is 11.3 Å². The van der Waals surface area contributed by atoms with Gasteiger partial charge in [-0.3, -0.25) is 0 Å². The monoisotopic (exact) mass is 745 g/mol. The van der Waals surface area contributed by atoms with Gasteiger partial charge in [-0.05, 0) is 99.1 Å². The maximum Gasteiger partial charge on any atom is 0.0701 e. The van der Waals surface area contributed by atoms with Gasteiger partial charge in [-0.15, -0.1) is 11.3 Å². The van der Waals surface area contributed by atoms with Gasteiger partial charge < -0.3 is 4.90 Å². The van der Waals surface area contributed by atoms with Crippen LogP contribution in [0.15, 0.2) is 237 Å². The number of benzene rings is 9. The molecule has 0 aliphatic rings. The number of fused-ring (bicyclic) bond motifs is 3. The van der Waals surface area contributed by atoms with Crippen LogP contribution < -0.4 is 4.90 Å². The van der Waals surface area contributed by atoms with Crippen LogP contribution in [0.2, 0.25) is 0 Å². The first-order valence-electron chi connectivity index (χ1n) is 19.5. The first-order chi connectivity index (χ1) is 28.3. The number of hydrogen-bond donors (Lipinski definition) is 0. The smallest absolute Gasteiger partial charge is 0.0701 e. The molecule has 0 aliphatic heterocycles. The predicted octanol–water partition coefficient (Wildman–Crippen LogP) is 15.2. The summed E-state index contributed by atoms with van der Waals surface area (Å²) in [5.41, 5.74) is 12.6. The lowest BCUT2D eigenvalue weighted by molar-refractivity contribution is 0.745. The van der Waals surface area contributed by atoms with Crippen molar-refractivity contribution < 1.29 is 0 Å². The molecule has 0 spiro atoms. The molecular weight excluding hydrogens is 707 g/mol. The van der Waals surface area contributed by atoms with Gasteiger partial charge in [0.2, 0.25) is 0 Å². The molecule has 270 valence electrons. The van der Waals surface area contributed by atoms with Crippen LogP contribution in [0.1, 0.15) is 22.3 Å². The molecule has 57 heavy (non-hydrogen) atoms. The van der Waals surface area contributed by atoms with Crippen LogP contribution in [0, 0.1) is 0 Å². The molecule has 0 saturated heterocycles. The van der Waals surface area contributed by atoms with Gasteiger partial charge in [0.25, 0.3) is 0 Å². The largest absolute Gasteiger partial charge is 0.311 e. The topological polar surface area (TPSA) is 3.24 Å². The molecule has 1 heterocycles. The predicted molar refractivity (Wildman–Crippen MR) is 243 cm³/mol. The van der Waals surface area contributed by atoms with E-state index < -0.39 is 5.41 Å². The maximum atomic E-state index is 2.34. The Morgan fingerprint density at radius 3 is 1.18 bits per heavy atom. The summed E-state index contributed by atoms with van der Waals surface area (Å²) in [4.78, 5) is 2.33. The van der Waals surface area contributed by atoms with E-state index in [4.69, 9.17) is 0 Å². The first-order valence-corrected chi connectivity index (χ1v) is 20.3. The van der Waals surface area contributed by atoms with E-state index >= 15 is 0 Å². The maximum absolute atomic E-state index is 2.34. The Labute approximate surface area is 338 Å². The Morgan fingerprint density at radius 1 is 0.281 bits per heavy atom. The van der Waals surface area contributed by atoms with Gasteiger partial charge in [0, 0.05) is 37.2 Å². The fourth-order valence-electron chi connectivity index (χ4n) is 8.51. The van der Waals surface area contributed by atoms with Crippen LogP contribution in [0.5, 0.6) is 0 Å². The lowest BCUT2D eigenvalue weighted by atomic mass is 9.65. The van der Waals surface area contributed by atoms with Crippen LogP contribution in [0.4, 0.5) is 17.1 Å². The summed E-state index contributed by atoms with van der Waals surface area (Å²) in [6.45, 7) is 0. The molecule has 0 fully saturated rings. The molecule has 1 nitrogen and oxygen atoms in total. The molecule has 2 heteroatoms. The van der Waals surface area contributed by atoms with Gasteiger partial charge in [0.05, 0.1) is 5.41 Å². The molecule has 0 saturated carbocycles. The average molecular weight is 746 g/mol. The summed E-state index contributed by atoms with van der Waals surface area (Å²) >= 11 is 1.86. The number of nitrogens with zero attached hydrogens (tertiary/aromatic N) is 1. The van der Waals surface area contributed by atoms with E-state index in [9.17, 15) is 0 Å². The lowest BCUT2D eigenvalue weighted by Crippen LogP contribution is -2.30. The highest BCUT2D eigenvalue weighted by Crippen LogP contribution is 2.46. The molecule has 9 aromatic carbocycles. The zero-order valence-corrected chi connectivity index (χ0v) is 32.2. The summed E-state index contributed by atoms with van der Waals surface area (Å²) in [7, 11) is 0. The highest BCUT2D eigenvalue weighted by molar-refractivity contribution is 7.25. The van der Waals surface area contributed by atoms with Crippen LogP contribution in [-0.4, -0.2) is 0 Å². The number of rotatable bonds is 9. The fourth-order valence-corrected chi connectivity index (χ4v) is 9.60. The summed E-state index contributed by atoms with van der Waals surface area (Å²) in [5, 5.41) is 2.64. The quantitative estimate of drug-likeness (QED) is 0.133. The Hall–Kier alpha value is -7.00. The molecule has 1 aromatic heterocycles. The third kappa shape index (κ3) is 6.31. The zero-order valence-electron chi connectivity index (χ0n) is 31.4. The van der Waals surface area contributed by atoms with Crippen LogP contribution in [-0.2, 0) is 5.41 Å². The van der Waals surface area contributed by atoms with Gasteiger partial charge >= 0.3 is 0 Å². The summed E-state index contributed by atoms with van der Waals surface area (Å²) in [6.07, 6.45) is 0. The van der Waals surface area contributed by atoms with Gasteiger partial charge in [0.15, 0.2) is 0 Å². The number of para-hydroxylation sites is 1. The Balaban J connectivity index is 0.987. The van der Waals surface area contributed by atoms with Crippen molar-refractivity contribution in [2.45, 2.75) is 5.41 Å². The highest BCUT2D eigenvalue weighted by atomic mass is 32.1. The van der Waals surface area contributed by atoms with Crippen molar-refractivity contribution in [3.05, 3.63) is 259 Å². The minimum Gasteiger partial charge on any atom is -0.311 e. The number of thiophene rings is 1. The summed E-state index contributed by atoms with van der Waals surface area (Å²) in [6, 6.07) is 86.0. The molecule has 0 aliphatic carbocycles. The van der Waals surface area contributed by atoms with Gasteiger partial charge in [0.1, 0.15) is 0 Å². The van der Waals surface area contributed by atoms with Gasteiger partial charge in [-0.1, -0.05) is 182 Å². The van der Waals surface area contributed by atoms with Crippen molar-refractivity contribution in [1.29, 1.82) is 0 Å². The van der Waals surface area contributed by atoms with Crippen molar-refractivity contribution >= 4 is 48.6 Å². The minimum atomic E-state index is -0.469.